The van der Waals surface area contributed by atoms with E-state index in [9.17, 15) is 9.59 Å². The predicted octanol–water partition coefficient (Wildman–Crippen LogP) is 0.675. The number of rotatable bonds is 4. The quantitative estimate of drug-likeness (QED) is 0.828. The molecule has 2 rings (SSSR count). The van der Waals surface area contributed by atoms with Gasteiger partial charge in [-0.2, -0.15) is 0 Å². The van der Waals surface area contributed by atoms with Crippen molar-refractivity contribution < 1.29 is 19.1 Å². The summed E-state index contributed by atoms with van der Waals surface area (Å²) in [4.78, 5) is 24.4. The Morgan fingerprint density at radius 1 is 1.24 bits per heavy atom. The Labute approximate surface area is 123 Å². The maximum Gasteiger partial charge on any atom is 0.244 e. The molecule has 1 aromatic rings. The molecule has 0 bridgehead atoms. The van der Waals surface area contributed by atoms with Crippen LogP contribution in [0.4, 0.5) is 0 Å². The molecule has 6 heteroatoms. The number of fused-ring (bicyclic) bond motifs is 1. The minimum Gasteiger partial charge on any atom is -0.486 e. The van der Waals surface area contributed by atoms with Gasteiger partial charge in [0, 0.05) is 20.2 Å². The van der Waals surface area contributed by atoms with Crippen LogP contribution in [0.15, 0.2) is 24.3 Å². The fraction of sp³-hybridized carbons (Fsp3) is 0.333. The first kappa shape index (κ1) is 14.9. The van der Waals surface area contributed by atoms with Crippen LogP contribution in [-0.4, -0.2) is 50.6 Å². The monoisotopic (exact) mass is 290 g/mol. The molecule has 1 N–H and O–H groups in total. The summed E-state index contributed by atoms with van der Waals surface area (Å²) in [6.45, 7) is 1.05. The molecule has 0 unspecified atom stereocenters. The third-order valence-corrected chi connectivity index (χ3v) is 2.91. The molecule has 0 saturated heterocycles. The lowest BCUT2D eigenvalue weighted by Crippen LogP contribution is -2.35. The maximum absolute atomic E-state index is 11.6. The molecule has 0 saturated carbocycles. The molecule has 6 nitrogen and oxygen atoms in total. The van der Waals surface area contributed by atoms with E-state index in [0.29, 0.717) is 24.7 Å². The largest absolute Gasteiger partial charge is 0.486 e. The molecule has 21 heavy (non-hydrogen) atoms. The Morgan fingerprint density at radius 2 is 1.95 bits per heavy atom. The highest BCUT2D eigenvalue weighted by Crippen LogP contribution is 2.30. The number of carbonyl (C=O) groups is 2. The lowest BCUT2D eigenvalue weighted by molar-refractivity contribution is -0.129. The van der Waals surface area contributed by atoms with Gasteiger partial charge >= 0.3 is 0 Å². The molecule has 1 heterocycles. The minimum atomic E-state index is -0.319. The second kappa shape index (κ2) is 6.78. The van der Waals surface area contributed by atoms with Gasteiger partial charge in [0.05, 0.1) is 6.54 Å². The van der Waals surface area contributed by atoms with E-state index in [0.717, 1.165) is 5.56 Å². The summed E-state index contributed by atoms with van der Waals surface area (Å²) in [5.41, 5.74) is 0.827. The molecule has 2 amide bonds. The van der Waals surface area contributed by atoms with Crippen LogP contribution in [-0.2, 0) is 9.59 Å². The van der Waals surface area contributed by atoms with Gasteiger partial charge in [0.15, 0.2) is 11.5 Å². The fourth-order valence-electron chi connectivity index (χ4n) is 1.72. The molecular formula is C15H18N2O4. The zero-order valence-corrected chi connectivity index (χ0v) is 12.1. The van der Waals surface area contributed by atoms with E-state index in [1.165, 1.54) is 11.0 Å². The predicted molar refractivity (Wildman–Crippen MR) is 78.2 cm³/mol. The van der Waals surface area contributed by atoms with Crippen molar-refractivity contribution in [1.82, 2.24) is 10.2 Å². The normalized spacial score (nSPS) is 13.0. The molecule has 0 aromatic heterocycles. The Kier molecular flexibility index (Phi) is 4.81. The van der Waals surface area contributed by atoms with E-state index >= 15 is 0 Å². The smallest absolute Gasteiger partial charge is 0.244 e. The van der Waals surface area contributed by atoms with Crippen LogP contribution in [0, 0.1) is 0 Å². The second-order valence-electron chi connectivity index (χ2n) is 4.74. The van der Waals surface area contributed by atoms with Gasteiger partial charge in [0.2, 0.25) is 11.8 Å². The number of benzene rings is 1. The van der Waals surface area contributed by atoms with Crippen molar-refractivity contribution >= 4 is 17.9 Å². The topological polar surface area (TPSA) is 67.9 Å². The summed E-state index contributed by atoms with van der Waals surface area (Å²) in [5.74, 6) is 0.905. The number of ether oxygens (including phenoxy) is 2. The van der Waals surface area contributed by atoms with Crippen molar-refractivity contribution in [1.29, 1.82) is 0 Å². The Morgan fingerprint density at radius 3 is 2.67 bits per heavy atom. The van der Waals surface area contributed by atoms with E-state index < -0.39 is 0 Å². The van der Waals surface area contributed by atoms with E-state index in [1.54, 1.807) is 20.2 Å². The molecule has 1 aromatic carbocycles. The van der Waals surface area contributed by atoms with Crippen molar-refractivity contribution in [2.24, 2.45) is 0 Å². The first-order chi connectivity index (χ1) is 10.1. The SMILES string of the molecule is CN(C)C(=O)CNC(=O)/C=C/c1ccc2c(c1)OCCO2. The lowest BCUT2D eigenvalue weighted by atomic mass is 10.2. The number of carbonyl (C=O) groups excluding carboxylic acids is 2. The van der Waals surface area contributed by atoms with Gasteiger partial charge in [-0.15, -0.1) is 0 Å². The Balaban J connectivity index is 1.91. The van der Waals surface area contributed by atoms with Gasteiger partial charge in [-0.05, 0) is 23.8 Å². The van der Waals surface area contributed by atoms with Gasteiger partial charge in [0.1, 0.15) is 13.2 Å². The standard InChI is InChI=1S/C15H18N2O4/c1-17(2)15(19)10-16-14(18)6-4-11-3-5-12-13(9-11)21-8-7-20-12/h3-6,9H,7-8,10H2,1-2H3,(H,16,18)/b6-4+. The first-order valence-electron chi connectivity index (χ1n) is 6.62. The van der Waals surface area contributed by atoms with E-state index in [-0.39, 0.29) is 18.4 Å². The van der Waals surface area contributed by atoms with Crippen LogP contribution < -0.4 is 14.8 Å². The average Bonchev–Trinajstić information content (AvgIpc) is 2.50. The maximum atomic E-state index is 11.6. The molecule has 1 aliphatic rings. The number of amides is 2. The molecular weight excluding hydrogens is 272 g/mol. The summed E-state index contributed by atoms with van der Waals surface area (Å²) in [5, 5.41) is 2.52. The highest BCUT2D eigenvalue weighted by Gasteiger charge is 2.11. The molecule has 0 atom stereocenters. The van der Waals surface area contributed by atoms with Crippen LogP contribution in [0.1, 0.15) is 5.56 Å². The molecule has 0 aliphatic carbocycles. The summed E-state index contributed by atoms with van der Waals surface area (Å²) < 4.78 is 10.9. The summed E-state index contributed by atoms with van der Waals surface area (Å²) in [7, 11) is 3.28. The number of nitrogens with zero attached hydrogens (tertiary/aromatic N) is 1. The van der Waals surface area contributed by atoms with Crippen LogP contribution in [0.2, 0.25) is 0 Å². The van der Waals surface area contributed by atoms with Gasteiger partial charge in [-0.1, -0.05) is 6.07 Å². The van der Waals surface area contributed by atoms with Crippen molar-refractivity contribution in [3.8, 4) is 11.5 Å². The number of hydrogen-bond donors (Lipinski definition) is 1. The first-order valence-corrected chi connectivity index (χ1v) is 6.62. The van der Waals surface area contributed by atoms with Gasteiger partial charge in [0.25, 0.3) is 0 Å². The summed E-state index contributed by atoms with van der Waals surface area (Å²) >= 11 is 0. The highest BCUT2D eigenvalue weighted by atomic mass is 16.6. The molecule has 0 radical (unpaired) electrons. The van der Waals surface area contributed by atoms with Crippen LogP contribution in [0.5, 0.6) is 11.5 Å². The summed E-state index contributed by atoms with van der Waals surface area (Å²) in [6.07, 6.45) is 3.04. The number of nitrogens with one attached hydrogen (secondary N) is 1. The molecule has 112 valence electrons. The summed E-state index contributed by atoms with van der Waals surface area (Å²) in [6, 6.07) is 5.45. The van der Waals surface area contributed by atoms with E-state index in [2.05, 4.69) is 5.32 Å². The van der Waals surface area contributed by atoms with Gasteiger partial charge in [-0.25, -0.2) is 0 Å². The zero-order chi connectivity index (χ0) is 15.2. The highest BCUT2D eigenvalue weighted by molar-refractivity contribution is 5.94. The van der Waals surface area contributed by atoms with Crippen molar-refractivity contribution in [2.45, 2.75) is 0 Å². The van der Waals surface area contributed by atoms with E-state index in [4.69, 9.17) is 9.47 Å². The Hall–Kier alpha value is -2.50. The average molecular weight is 290 g/mol. The minimum absolute atomic E-state index is 0.0166. The molecule has 0 fully saturated rings. The molecule has 1 aliphatic heterocycles. The van der Waals surface area contributed by atoms with Gasteiger partial charge in [-0.3, -0.25) is 9.59 Å². The lowest BCUT2D eigenvalue weighted by Gasteiger charge is -2.18. The number of likely N-dealkylation sites (N-methyl/N-ethyl adjacent to an activating group) is 1. The van der Waals surface area contributed by atoms with Crippen LogP contribution >= 0.6 is 0 Å². The second-order valence-corrected chi connectivity index (χ2v) is 4.74. The van der Waals surface area contributed by atoms with E-state index in [1.807, 2.05) is 18.2 Å². The third kappa shape index (κ3) is 4.24. The van der Waals surface area contributed by atoms with Crippen LogP contribution in [0.25, 0.3) is 6.08 Å². The fourth-order valence-corrected chi connectivity index (χ4v) is 1.72. The van der Waals surface area contributed by atoms with Crippen LogP contribution in [0.3, 0.4) is 0 Å². The number of hydrogen-bond acceptors (Lipinski definition) is 4. The third-order valence-electron chi connectivity index (χ3n) is 2.91. The van der Waals surface area contributed by atoms with Crippen molar-refractivity contribution in [2.75, 3.05) is 33.9 Å². The van der Waals surface area contributed by atoms with Gasteiger partial charge < -0.3 is 19.7 Å². The van der Waals surface area contributed by atoms with Crippen molar-refractivity contribution in [3.05, 3.63) is 29.8 Å². The molecule has 0 spiro atoms. The van der Waals surface area contributed by atoms with Crippen molar-refractivity contribution in [3.63, 3.8) is 0 Å². The Bertz CT molecular complexity index is 567. The zero-order valence-electron chi connectivity index (χ0n) is 12.1.